The summed E-state index contributed by atoms with van der Waals surface area (Å²) < 4.78 is 5.40. The number of nitrogens with zero attached hydrogens (tertiary/aromatic N) is 1. The van der Waals surface area contributed by atoms with Gasteiger partial charge in [-0.1, -0.05) is 31.6 Å². The van der Waals surface area contributed by atoms with Crippen molar-refractivity contribution in [3.63, 3.8) is 0 Å². The summed E-state index contributed by atoms with van der Waals surface area (Å²) in [6, 6.07) is 0. The third kappa shape index (κ3) is 6.96. The Labute approximate surface area is 160 Å². The van der Waals surface area contributed by atoms with Gasteiger partial charge in [-0.3, -0.25) is 9.59 Å². The molecule has 2 N–H and O–H groups in total. The van der Waals surface area contributed by atoms with Gasteiger partial charge in [0, 0.05) is 24.2 Å². The summed E-state index contributed by atoms with van der Waals surface area (Å²) in [6.45, 7) is 4.23. The highest BCUT2D eigenvalue weighted by Gasteiger charge is 2.24. The maximum atomic E-state index is 11.9. The van der Waals surface area contributed by atoms with E-state index in [1.165, 1.54) is 5.57 Å². The molecule has 0 saturated carbocycles. The topological polar surface area (TPSA) is 88.0 Å². The zero-order chi connectivity index (χ0) is 19.2. The Kier molecular flexibility index (Phi) is 7.46. The number of allylic oxidation sites excluding steroid dienone is 2. The third-order valence-electron chi connectivity index (χ3n) is 4.28. The fourth-order valence-corrected chi connectivity index (χ4v) is 3.28. The Bertz CT molecular complexity index is 632. The normalized spacial score (nSPS) is 21.7. The Morgan fingerprint density at radius 2 is 2.19 bits per heavy atom. The number of nitrogens with one attached hydrogen (secondary N) is 1. The summed E-state index contributed by atoms with van der Waals surface area (Å²) in [5, 5.41) is 13.0. The van der Waals surface area contributed by atoms with Crippen LogP contribution in [-0.4, -0.2) is 40.2 Å². The molecule has 0 spiro atoms. The zero-order valence-electron chi connectivity index (χ0n) is 15.5. The van der Waals surface area contributed by atoms with Crippen LogP contribution in [0.2, 0.25) is 0 Å². The van der Waals surface area contributed by atoms with Crippen molar-refractivity contribution in [1.29, 1.82) is 0 Å². The molecule has 2 aliphatic rings. The van der Waals surface area contributed by atoms with Crippen LogP contribution in [-0.2, 0) is 14.3 Å². The quantitative estimate of drug-likeness (QED) is 0.343. The monoisotopic (exact) mass is 380 g/mol. The summed E-state index contributed by atoms with van der Waals surface area (Å²) in [7, 11) is 0. The second kappa shape index (κ2) is 9.37. The fraction of sp³-hybridized carbons (Fsp3) is 0.632. The van der Waals surface area contributed by atoms with Crippen LogP contribution in [0.1, 0.15) is 58.8 Å². The van der Waals surface area contributed by atoms with Gasteiger partial charge in [0.05, 0.1) is 11.8 Å². The van der Waals surface area contributed by atoms with Crippen LogP contribution >= 0.6 is 12.6 Å². The number of aliphatic carboxylic acids is 1. The first-order valence-corrected chi connectivity index (χ1v) is 9.51. The van der Waals surface area contributed by atoms with E-state index in [2.05, 4.69) is 23.2 Å². The molecule has 1 unspecified atom stereocenters. The van der Waals surface area contributed by atoms with Crippen LogP contribution < -0.4 is 5.43 Å². The minimum Gasteiger partial charge on any atom is -0.481 e. The molecule has 2 rings (SSSR count). The van der Waals surface area contributed by atoms with E-state index in [0.29, 0.717) is 19.4 Å². The molecular formula is C19H28N2O4S. The van der Waals surface area contributed by atoms with E-state index in [-0.39, 0.29) is 23.2 Å². The van der Waals surface area contributed by atoms with E-state index in [1.807, 2.05) is 26.0 Å². The van der Waals surface area contributed by atoms with E-state index in [9.17, 15) is 9.59 Å². The van der Waals surface area contributed by atoms with Crippen molar-refractivity contribution in [2.24, 2.45) is 5.10 Å². The summed E-state index contributed by atoms with van der Waals surface area (Å²) in [6.07, 6.45) is 8.62. The van der Waals surface area contributed by atoms with Gasteiger partial charge >= 0.3 is 5.97 Å². The smallest absolute Gasteiger partial charge is 0.303 e. The number of carbonyl (C=O) groups is 2. The summed E-state index contributed by atoms with van der Waals surface area (Å²) >= 11 is 4.37. The molecular weight excluding hydrogens is 352 g/mol. The van der Waals surface area contributed by atoms with E-state index in [0.717, 1.165) is 37.0 Å². The van der Waals surface area contributed by atoms with E-state index >= 15 is 0 Å². The van der Waals surface area contributed by atoms with Crippen molar-refractivity contribution < 1.29 is 19.4 Å². The third-order valence-corrected chi connectivity index (χ3v) is 4.44. The first-order chi connectivity index (χ1) is 12.2. The highest BCUT2D eigenvalue weighted by molar-refractivity contribution is 7.81. The van der Waals surface area contributed by atoms with E-state index < -0.39 is 5.97 Å². The number of carboxylic acid groups (broad SMARTS) is 1. The molecule has 26 heavy (non-hydrogen) atoms. The molecule has 0 fully saturated rings. The molecule has 0 radical (unpaired) electrons. The molecule has 0 aromatic rings. The van der Waals surface area contributed by atoms with Gasteiger partial charge in [0.15, 0.2) is 0 Å². The SMILES string of the molecule is CC(C)(S)CC(=O)NN=C1CCCC2=C1C=CC(OCCCC(=O)O)C2. The lowest BCUT2D eigenvalue weighted by atomic mass is 9.83. The van der Waals surface area contributed by atoms with Gasteiger partial charge < -0.3 is 9.84 Å². The largest absolute Gasteiger partial charge is 0.481 e. The molecule has 6 nitrogen and oxygen atoms in total. The number of ether oxygens (including phenoxy) is 1. The van der Waals surface area contributed by atoms with Gasteiger partial charge in [0.1, 0.15) is 0 Å². The molecule has 144 valence electrons. The van der Waals surface area contributed by atoms with Gasteiger partial charge in [-0.05, 0) is 37.7 Å². The zero-order valence-corrected chi connectivity index (χ0v) is 16.3. The van der Waals surface area contributed by atoms with Gasteiger partial charge in [-0.2, -0.15) is 17.7 Å². The molecule has 0 bridgehead atoms. The molecule has 0 aromatic heterocycles. The van der Waals surface area contributed by atoms with Crippen LogP contribution in [0.5, 0.6) is 0 Å². The number of hydrogen-bond donors (Lipinski definition) is 3. The molecule has 0 saturated heterocycles. The summed E-state index contributed by atoms with van der Waals surface area (Å²) in [5.74, 6) is -0.932. The van der Waals surface area contributed by atoms with E-state index in [1.54, 1.807) is 0 Å². The van der Waals surface area contributed by atoms with Gasteiger partial charge in [0.2, 0.25) is 5.91 Å². The van der Waals surface area contributed by atoms with Crippen molar-refractivity contribution in [3.8, 4) is 0 Å². The number of hydrogen-bond acceptors (Lipinski definition) is 5. The molecule has 7 heteroatoms. The minimum absolute atomic E-state index is 0.0125. The van der Waals surface area contributed by atoms with Crippen LogP contribution in [0.15, 0.2) is 28.4 Å². The lowest BCUT2D eigenvalue weighted by Crippen LogP contribution is -2.28. The number of rotatable bonds is 8. The Morgan fingerprint density at radius 3 is 2.88 bits per heavy atom. The van der Waals surface area contributed by atoms with Crippen LogP contribution in [0.25, 0.3) is 0 Å². The van der Waals surface area contributed by atoms with Gasteiger partial charge in [-0.15, -0.1) is 0 Å². The van der Waals surface area contributed by atoms with Gasteiger partial charge in [0.25, 0.3) is 0 Å². The van der Waals surface area contributed by atoms with Crippen molar-refractivity contribution in [2.75, 3.05) is 6.61 Å². The van der Waals surface area contributed by atoms with Crippen LogP contribution in [0.3, 0.4) is 0 Å². The maximum absolute atomic E-state index is 11.9. The number of hydrazone groups is 1. The molecule has 0 aromatic carbocycles. The predicted octanol–water partition coefficient (Wildman–Crippen LogP) is 3.25. The lowest BCUT2D eigenvalue weighted by molar-refractivity contribution is -0.137. The summed E-state index contributed by atoms with van der Waals surface area (Å²) in [5.41, 5.74) is 5.96. The highest BCUT2D eigenvalue weighted by atomic mass is 32.1. The molecule has 0 heterocycles. The minimum atomic E-state index is -0.797. The number of thiol groups is 1. The summed E-state index contributed by atoms with van der Waals surface area (Å²) in [4.78, 5) is 22.5. The number of carbonyl (C=O) groups excluding carboxylic acids is 1. The first-order valence-electron chi connectivity index (χ1n) is 9.06. The highest BCUT2D eigenvalue weighted by Crippen LogP contribution is 2.31. The molecule has 1 atom stereocenters. The lowest BCUT2D eigenvalue weighted by Gasteiger charge is -2.27. The van der Waals surface area contributed by atoms with Gasteiger partial charge in [-0.25, -0.2) is 5.43 Å². The predicted molar refractivity (Wildman–Crippen MR) is 105 cm³/mol. The second-order valence-electron chi connectivity index (χ2n) is 7.42. The first kappa shape index (κ1) is 20.7. The Morgan fingerprint density at radius 1 is 1.42 bits per heavy atom. The number of carboxylic acids is 1. The molecule has 1 amide bonds. The van der Waals surface area contributed by atoms with Crippen molar-refractivity contribution >= 4 is 30.2 Å². The molecule has 0 aliphatic heterocycles. The van der Waals surface area contributed by atoms with Crippen LogP contribution in [0.4, 0.5) is 0 Å². The van der Waals surface area contributed by atoms with Crippen LogP contribution in [0, 0.1) is 0 Å². The van der Waals surface area contributed by atoms with Crippen molar-refractivity contribution in [2.45, 2.75) is 69.6 Å². The average molecular weight is 381 g/mol. The maximum Gasteiger partial charge on any atom is 0.303 e. The number of amides is 1. The fourth-order valence-electron chi connectivity index (χ4n) is 3.13. The van der Waals surface area contributed by atoms with E-state index in [4.69, 9.17) is 9.84 Å². The second-order valence-corrected chi connectivity index (χ2v) is 8.63. The van der Waals surface area contributed by atoms with Crippen molar-refractivity contribution in [3.05, 3.63) is 23.3 Å². The Hall–Kier alpha value is -1.60. The average Bonchev–Trinajstić information content (AvgIpc) is 2.55. The Balaban J connectivity index is 1.90. The molecule has 2 aliphatic carbocycles. The van der Waals surface area contributed by atoms with Crippen molar-refractivity contribution in [1.82, 2.24) is 5.43 Å². The standard InChI is InChI=1S/C19H28N2O4S/c1-19(2,26)12-17(22)21-20-16-6-3-5-13-11-14(8-9-15(13)16)25-10-4-7-18(23)24/h8-9,14,26H,3-7,10-12H2,1-2H3,(H,21,22)(H,23,24).